The van der Waals surface area contributed by atoms with Crippen LogP contribution in [0.4, 0.5) is 0 Å². The standard InChI is InChI=1S/C13H16ClNO2/c1-9(7-13(16)17)8-15-10(2)11-5-3-4-6-12(11)14/h3-7,10,15H,8H2,1-2H3,(H,16,17)/b9-7+/t10-/m1/s1. The molecule has 0 aliphatic rings. The van der Waals surface area contributed by atoms with Gasteiger partial charge in [0.25, 0.3) is 0 Å². The Hall–Kier alpha value is -1.32. The third-order valence-electron chi connectivity index (χ3n) is 2.43. The van der Waals surface area contributed by atoms with Gasteiger partial charge in [0.1, 0.15) is 0 Å². The maximum atomic E-state index is 10.5. The molecule has 0 aliphatic carbocycles. The van der Waals surface area contributed by atoms with E-state index >= 15 is 0 Å². The van der Waals surface area contributed by atoms with Gasteiger partial charge in [0, 0.05) is 23.7 Å². The van der Waals surface area contributed by atoms with Crippen LogP contribution in [0.3, 0.4) is 0 Å². The van der Waals surface area contributed by atoms with Gasteiger partial charge < -0.3 is 10.4 Å². The number of hydrogen-bond donors (Lipinski definition) is 2. The highest BCUT2D eigenvalue weighted by molar-refractivity contribution is 6.31. The number of aliphatic carboxylic acids is 1. The number of halogens is 1. The van der Waals surface area contributed by atoms with Gasteiger partial charge in [0.2, 0.25) is 0 Å². The Morgan fingerprint density at radius 1 is 1.53 bits per heavy atom. The molecule has 92 valence electrons. The molecule has 0 bridgehead atoms. The average molecular weight is 254 g/mol. The number of rotatable bonds is 5. The summed E-state index contributed by atoms with van der Waals surface area (Å²) < 4.78 is 0. The van der Waals surface area contributed by atoms with Crippen LogP contribution in [0.15, 0.2) is 35.9 Å². The van der Waals surface area contributed by atoms with Gasteiger partial charge in [-0.05, 0) is 25.5 Å². The van der Waals surface area contributed by atoms with E-state index < -0.39 is 5.97 Å². The van der Waals surface area contributed by atoms with Gasteiger partial charge in [0.05, 0.1) is 0 Å². The largest absolute Gasteiger partial charge is 0.478 e. The molecule has 0 aliphatic heterocycles. The van der Waals surface area contributed by atoms with E-state index in [0.29, 0.717) is 11.6 Å². The molecule has 1 atom stereocenters. The highest BCUT2D eigenvalue weighted by atomic mass is 35.5. The van der Waals surface area contributed by atoms with Crippen molar-refractivity contribution in [1.82, 2.24) is 5.32 Å². The summed E-state index contributed by atoms with van der Waals surface area (Å²) in [6.45, 7) is 4.30. The molecule has 0 unspecified atom stereocenters. The van der Waals surface area contributed by atoms with Crippen molar-refractivity contribution < 1.29 is 9.90 Å². The number of nitrogens with one attached hydrogen (secondary N) is 1. The predicted octanol–water partition coefficient (Wildman–Crippen LogP) is 3.02. The molecule has 0 amide bonds. The van der Waals surface area contributed by atoms with Crippen molar-refractivity contribution in [2.45, 2.75) is 19.9 Å². The summed E-state index contributed by atoms with van der Waals surface area (Å²) in [4.78, 5) is 10.5. The molecule has 0 heterocycles. The average Bonchev–Trinajstić information content (AvgIpc) is 2.25. The van der Waals surface area contributed by atoms with Crippen molar-refractivity contribution in [3.63, 3.8) is 0 Å². The summed E-state index contributed by atoms with van der Waals surface area (Å²) in [6.07, 6.45) is 1.20. The zero-order valence-electron chi connectivity index (χ0n) is 9.90. The zero-order chi connectivity index (χ0) is 12.8. The molecule has 0 aromatic heterocycles. The summed E-state index contributed by atoms with van der Waals surface area (Å²) in [6, 6.07) is 7.69. The van der Waals surface area contributed by atoms with E-state index in [1.54, 1.807) is 6.92 Å². The van der Waals surface area contributed by atoms with Gasteiger partial charge >= 0.3 is 5.97 Å². The molecule has 3 nitrogen and oxygen atoms in total. The minimum atomic E-state index is -0.922. The fourth-order valence-electron chi connectivity index (χ4n) is 1.51. The molecular formula is C13H16ClNO2. The molecule has 0 radical (unpaired) electrons. The first-order valence-electron chi connectivity index (χ1n) is 5.38. The fourth-order valence-corrected chi connectivity index (χ4v) is 1.81. The van der Waals surface area contributed by atoms with Crippen LogP contribution < -0.4 is 5.32 Å². The second-order valence-corrected chi connectivity index (χ2v) is 4.36. The fraction of sp³-hybridized carbons (Fsp3) is 0.308. The van der Waals surface area contributed by atoms with Crippen molar-refractivity contribution in [2.24, 2.45) is 0 Å². The monoisotopic (exact) mass is 253 g/mol. The van der Waals surface area contributed by atoms with E-state index in [1.165, 1.54) is 6.08 Å². The second kappa shape index (κ2) is 6.42. The lowest BCUT2D eigenvalue weighted by Gasteiger charge is -2.15. The van der Waals surface area contributed by atoms with Crippen molar-refractivity contribution in [2.75, 3.05) is 6.54 Å². The summed E-state index contributed by atoms with van der Waals surface area (Å²) in [7, 11) is 0. The van der Waals surface area contributed by atoms with Gasteiger partial charge in [-0.2, -0.15) is 0 Å². The molecule has 1 aromatic carbocycles. The molecule has 0 spiro atoms. The van der Waals surface area contributed by atoms with E-state index in [2.05, 4.69) is 5.32 Å². The molecule has 1 rings (SSSR count). The van der Waals surface area contributed by atoms with Crippen LogP contribution in [0, 0.1) is 0 Å². The third kappa shape index (κ3) is 4.59. The van der Waals surface area contributed by atoms with E-state index in [0.717, 1.165) is 11.1 Å². The Labute approximate surface area is 106 Å². The van der Waals surface area contributed by atoms with Crippen LogP contribution >= 0.6 is 11.6 Å². The van der Waals surface area contributed by atoms with E-state index in [1.807, 2.05) is 31.2 Å². The summed E-state index contributed by atoms with van der Waals surface area (Å²) in [5, 5.41) is 12.5. The smallest absolute Gasteiger partial charge is 0.328 e. The van der Waals surface area contributed by atoms with Crippen LogP contribution in [-0.4, -0.2) is 17.6 Å². The summed E-state index contributed by atoms with van der Waals surface area (Å²) in [5.74, 6) is -0.922. The SMILES string of the molecule is C/C(=C\C(=O)O)CN[C@H](C)c1ccccc1Cl. The van der Waals surface area contributed by atoms with Crippen LogP contribution in [0.2, 0.25) is 5.02 Å². The molecule has 1 aromatic rings. The number of carboxylic acids is 1. The van der Waals surface area contributed by atoms with E-state index in [-0.39, 0.29) is 6.04 Å². The first-order chi connectivity index (χ1) is 8.00. The predicted molar refractivity (Wildman–Crippen MR) is 69.3 cm³/mol. The molecular weight excluding hydrogens is 238 g/mol. The molecule has 0 fully saturated rings. The third-order valence-corrected chi connectivity index (χ3v) is 2.77. The molecule has 0 saturated heterocycles. The minimum Gasteiger partial charge on any atom is -0.478 e. The number of carboxylic acid groups (broad SMARTS) is 1. The molecule has 0 saturated carbocycles. The van der Waals surface area contributed by atoms with Crippen LogP contribution in [0.5, 0.6) is 0 Å². The topological polar surface area (TPSA) is 49.3 Å². The highest BCUT2D eigenvalue weighted by Gasteiger charge is 2.08. The maximum absolute atomic E-state index is 10.5. The van der Waals surface area contributed by atoms with Gasteiger partial charge in [-0.25, -0.2) is 4.79 Å². The molecule has 2 N–H and O–H groups in total. The molecule has 4 heteroatoms. The van der Waals surface area contributed by atoms with Crippen molar-refractivity contribution in [3.05, 3.63) is 46.5 Å². The summed E-state index contributed by atoms with van der Waals surface area (Å²) >= 11 is 6.07. The van der Waals surface area contributed by atoms with Crippen LogP contribution in [0.1, 0.15) is 25.5 Å². The zero-order valence-corrected chi connectivity index (χ0v) is 10.7. The lowest BCUT2D eigenvalue weighted by atomic mass is 10.1. The van der Waals surface area contributed by atoms with Crippen molar-refractivity contribution >= 4 is 17.6 Å². The van der Waals surface area contributed by atoms with Gasteiger partial charge in [-0.1, -0.05) is 35.4 Å². The normalized spacial score (nSPS) is 13.5. The maximum Gasteiger partial charge on any atom is 0.328 e. The van der Waals surface area contributed by atoms with Crippen molar-refractivity contribution in [3.8, 4) is 0 Å². The first-order valence-corrected chi connectivity index (χ1v) is 5.76. The Morgan fingerprint density at radius 3 is 2.76 bits per heavy atom. The summed E-state index contributed by atoms with van der Waals surface area (Å²) in [5.41, 5.74) is 1.79. The lowest BCUT2D eigenvalue weighted by molar-refractivity contribution is -0.131. The first kappa shape index (κ1) is 13.7. The highest BCUT2D eigenvalue weighted by Crippen LogP contribution is 2.21. The molecule has 17 heavy (non-hydrogen) atoms. The number of benzene rings is 1. The van der Waals surface area contributed by atoms with E-state index in [9.17, 15) is 4.79 Å². The Kier molecular flexibility index (Phi) is 5.19. The van der Waals surface area contributed by atoms with Crippen LogP contribution in [0.25, 0.3) is 0 Å². The van der Waals surface area contributed by atoms with Gasteiger partial charge in [-0.3, -0.25) is 0 Å². The quantitative estimate of drug-likeness (QED) is 0.793. The Balaban J connectivity index is 2.59. The lowest BCUT2D eigenvalue weighted by Crippen LogP contribution is -2.21. The van der Waals surface area contributed by atoms with E-state index in [4.69, 9.17) is 16.7 Å². The van der Waals surface area contributed by atoms with Crippen molar-refractivity contribution in [1.29, 1.82) is 0 Å². The minimum absolute atomic E-state index is 0.0841. The Morgan fingerprint density at radius 2 is 2.18 bits per heavy atom. The van der Waals surface area contributed by atoms with Gasteiger partial charge in [0.15, 0.2) is 0 Å². The Bertz CT molecular complexity index is 429. The number of carbonyl (C=O) groups is 1. The van der Waals surface area contributed by atoms with Gasteiger partial charge in [-0.15, -0.1) is 0 Å². The van der Waals surface area contributed by atoms with Crippen LogP contribution in [-0.2, 0) is 4.79 Å². The second-order valence-electron chi connectivity index (χ2n) is 3.95. The number of hydrogen-bond acceptors (Lipinski definition) is 2.